The molecule has 0 saturated heterocycles. The van der Waals surface area contributed by atoms with E-state index in [1.807, 2.05) is 19.1 Å². The van der Waals surface area contributed by atoms with Crippen molar-refractivity contribution in [2.45, 2.75) is 26.4 Å². The molecule has 18 heavy (non-hydrogen) atoms. The number of benzene rings is 1. The van der Waals surface area contributed by atoms with Crippen LogP contribution in [-0.2, 0) is 6.54 Å². The molecule has 5 nitrogen and oxygen atoms in total. The third kappa shape index (κ3) is 1.92. The molecular formula is C13H16N4O. The second-order valence-electron chi connectivity index (χ2n) is 4.60. The normalized spacial score (nSPS) is 18.3. The fraction of sp³-hybridized carbons (Fsp3) is 0.385. The average Bonchev–Trinajstić information content (AvgIpc) is 2.79. The van der Waals surface area contributed by atoms with Gasteiger partial charge in [-0.3, -0.25) is 0 Å². The molecule has 1 aromatic heterocycles. The lowest BCUT2D eigenvalue weighted by molar-refractivity contribution is 0.386. The molecule has 0 spiro atoms. The smallest absolute Gasteiger partial charge is 0.223 e. The highest BCUT2D eigenvalue weighted by molar-refractivity contribution is 5.72. The molecule has 1 aliphatic rings. The lowest BCUT2D eigenvalue weighted by Crippen LogP contribution is -2.41. The van der Waals surface area contributed by atoms with Gasteiger partial charge in [0.15, 0.2) is 5.82 Å². The van der Waals surface area contributed by atoms with E-state index in [9.17, 15) is 0 Å². The number of para-hydroxylation sites is 2. The number of rotatable bonds is 2. The summed E-state index contributed by atoms with van der Waals surface area (Å²) >= 11 is 0. The lowest BCUT2D eigenvalue weighted by atomic mass is 10.1. The molecule has 0 radical (unpaired) electrons. The highest BCUT2D eigenvalue weighted by Gasteiger charge is 2.23. The Morgan fingerprint density at radius 2 is 2.28 bits per heavy atom. The molecule has 94 valence electrons. The van der Waals surface area contributed by atoms with Crippen molar-refractivity contribution in [3.63, 3.8) is 0 Å². The molecule has 0 fully saturated rings. The SMILES string of the molecule is Cc1nc(CN2c3ccccc3NCC2C)no1. The summed E-state index contributed by atoms with van der Waals surface area (Å²) in [6.45, 7) is 5.60. The van der Waals surface area contributed by atoms with Crippen LogP contribution in [0, 0.1) is 6.92 Å². The molecular weight excluding hydrogens is 228 g/mol. The maximum Gasteiger partial charge on any atom is 0.223 e. The van der Waals surface area contributed by atoms with Crippen molar-refractivity contribution in [1.82, 2.24) is 10.1 Å². The first kappa shape index (κ1) is 11.1. The highest BCUT2D eigenvalue weighted by Crippen LogP contribution is 2.31. The summed E-state index contributed by atoms with van der Waals surface area (Å²) in [5.74, 6) is 1.34. The van der Waals surface area contributed by atoms with Crippen LogP contribution in [0.3, 0.4) is 0 Å². The minimum absolute atomic E-state index is 0.402. The van der Waals surface area contributed by atoms with Gasteiger partial charge < -0.3 is 14.7 Å². The zero-order chi connectivity index (χ0) is 12.5. The Bertz CT molecular complexity index is 551. The van der Waals surface area contributed by atoms with Gasteiger partial charge in [-0.15, -0.1) is 0 Å². The first-order chi connectivity index (χ1) is 8.74. The summed E-state index contributed by atoms with van der Waals surface area (Å²) in [5, 5.41) is 7.40. The van der Waals surface area contributed by atoms with E-state index in [4.69, 9.17) is 4.52 Å². The Hall–Kier alpha value is -2.04. The van der Waals surface area contributed by atoms with E-state index in [-0.39, 0.29) is 0 Å². The van der Waals surface area contributed by atoms with E-state index < -0.39 is 0 Å². The summed E-state index contributed by atoms with van der Waals surface area (Å²) < 4.78 is 5.03. The summed E-state index contributed by atoms with van der Waals surface area (Å²) in [6, 6.07) is 8.70. The van der Waals surface area contributed by atoms with Crippen LogP contribution in [0.5, 0.6) is 0 Å². The van der Waals surface area contributed by atoms with Crippen LogP contribution in [0.15, 0.2) is 28.8 Å². The summed E-state index contributed by atoms with van der Waals surface area (Å²) in [5.41, 5.74) is 2.36. The molecule has 0 saturated carbocycles. The topological polar surface area (TPSA) is 54.2 Å². The van der Waals surface area contributed by atoms with Crippen molar-refractivity contribution in [2.24, 2.45) is 0 Å². The van der Waals surface area contributed by atoms with Gasteiger partial charge >= 0.3 is 0 Å². The van der Waals surface area contributed by atoms with Gasteiger partial charge in [0, 0.05) is 19.5 Å². The number of hydrogen-bond acceptors (Lipinski definition) is 5. The van der Waals surface area contributed by atoms with Gasteiger partial charge in [0.25, 0.3) is 0 Å². The quantitative estimate of drug-likeness (QED) is 0.877. The largest absolute Gasteiger partial charge is 0.381 e. The highest BCUT2D eigenvalue weighted by atomic mass is 16.5. The number of nitrogens with zero attached hydrogens (tertiary/aromatic N) is 3. The maximum atomic E-state index is 5.03. The fourth-order valence-electron chi connectivity index (χ4n) is 2.28. The van der Waals surface area contributed by atoms with E-state index in [0.29, 0.717) is 18.5 Å². The molecule has 2 aromatic rings. The zero-order valence-electron chi connectivity index (χ0n) is 10.6. The third-order valence-corrected chi connectivity index (χ3v) is 3.21. The molecule has 1 N–H and O–H groups in total. The van der Waals surface area contributed by atoms with Crippen molar-refractivity contribution in [2.75, 3.05) is 16.8 Å². The fourth-order valence-corrected chi connectivity index (χ4v) is 2.28. The van der Waals surface area contributed by atoms with Gasteiger partial charge in [0.1, 0.15) is 0 Å². The predicted octanol–water partition coefficient (Wildman–Crippen LogP) is 2.20. The molecule has 1 aromatic carbocycles. The molecule has 0 amide bonds. The summed E-state index contributed by atoms with van der Waals surface area (Å²) in [7, 11) is 0. The van der Waals surface area contributed by atoms with E-state index in [1.54, 1.807) is 0 Å². The van der Waals surface area contributed by atoms with E-state index in [2.05, 4.69) is 39.4 Å². The Kier molecular flexibility index (Phi) is 2.66. The summed E-state index contributed by atoms with van der Waals surface area (Å²) in [4.78, 5) is 6.57. The third-order valence-electron chi connectivity index (χ3n) is 3.21. The van der Waals surface area contributed by atoms with E-state index in [1.165, 1.54) is 5.69 Å². The first-order valence-electron chi connectivity index (χ1n) is 6.13. The molecule has 1 unspecified atom stereocenters. The van der Waals surface area contributed by atoms with Crippen LogP contribution in [0.1, 0.15) is 18.6 Å². The van der Waals surface area contributed by atoms with Crippen LogP contribution < -0.4 is 10.2 Å². The van der Waals surface area contributed by atoms with Crippen LogP contribution >= 0.6 is 0 Å². The van der Waals surface area contributed by atoms with Crippen LogP contribution in [0.25, 0.3) is 0 Å². The summed E-state index contributed by atoms with van der Waals surface area (Å²) in [6.07, 6.45) is 0. The monoisotopic (exact) mass is 244 g/mol. The number of aryl methyl sites for hydroxylation is 1. The average molecular weight is 244 g/mol. The van der Waals surface area contributed by atoms with Crippen LogP contribution in [0.2, 0.25) is 0 Å². The first-order valence-corrected chi connectivity index (χ1v) is 6.13. The molecule has 2 heterocycles. The van der Waals surface area contributed by atoms with Crippen molar-refractivity contribution in [3.05, 3.63) is 36.0 Å². The Labute approximate surface area is 106 Å². The number of anilines is 2. The number of hydrogen-bond donors (Lipinski definition) is 1. The van der Waals surface area contributed by atoms with Gasteiger partial charge in [-0.05, 0) is 19.1 Å². The lowest BCUT2D eigenvalue weighted by Gasteiger charge is -2.36. The molecule has 1 aliphatic heterocycles. The van der Waals surface area contributed by atoms with Gasteiger partial charge in [0.05, 0.1) is 17.9 Å². The standard InChI is InChI=1S/C13H16N4O/c1-9-7-14-11-5-3-4-6-12(11)17(9)8-13-15-10(2)18-16-13/h3-6,9,14H,7-8H2,1-2H3. The van der Waals surface area contributed by atoms with Crippen LogP contribution in [-0.4, -0.2) is 22.7 Å². The predicted molar refractivity (Wildman–Crippen MR) is 69.6 cm³/mol. The second kappa shape index (κ2) is 4.33. The Morgan fingerprint density at radius 1 is 1.44 bits per heavy atom. The molecule has 1 atom stereocenters. The van der Waals surface area contributed by atoms with Gasteiger partial charge in [-0.25, -0.2) is 0 Å². The van der Waals surface area contributed by atoms with Crippen LogP contribution in [0.4, 0.5) is 11.4 Å². The van der Waals surface area contributed by atoms with Crippen molar-refractivity contribution < 1.29 is 4.52 Å². The van der Waals surface area contributed by atoms with Crippen molar-refractivity contribution in [3.8, 4) is 0 Å². The minimum Gasteiger partial charge on any atom is -0.381 e. The van der Waals surface area contributed by atoms with Gasteiger partial charge in [-0.1, -0.05) is 17.3 Å². The number of nitrogens with one attached hydrogen (secondary N) is 1. The minimum atomic E-state index is 0.402. The zero-order valence-corrected chi connectivity index (χ0v) is 10.6. The molecule has 5 heteroatoms. The van der Waals surface area contributed by atoms with Crippen molar-refractivity contribution >= 4 is 11.4 Å². The van der Waals surface area contributed by atoms with E-state index in [0.717, 1.165) is 18.1 Å². The Balaban J connectivity index is 1.91. The number of fused-ring (bicyclic) bond motifs is 1. The molecule has 0 bridgehead atoms. The molecule has 0 aliphatic carbocycles. The van der Waals surface area contributed by atoms with E-state index >= 15 is 0 Å². The number of aromatic nitrogens is 2. The Morgan fingerprint density at radius 3 is 3.06 bits per heavy atom. The maximum absolute atomic E-state index is 5.03. The second-order valence-corrected chi connectivity index (χ2v) is 4.60. The van der Waals surface area contributed by atoms with Gasteiger partial charge in [-0.2, -0.15) is 4.98 Å². The molecule has 3 rings (SSSR count). The van der Waals surface area contributed by atoms with Gasteiger partial charge in [0.2, 0.25) is 5.89 Å². The van der Waals surface area contributed by atoms with Crippen molar-refractivity contribution in [1.29, 1.82) is 0 Å².